The lowest BCUT2D eigenvalue weighted by atomic mass is 9.67. The molecule has 146 valence electrons. The number of hydrogen-bond acceptors (Lipinski definition) is 3. The highest BCUT2D eigenvalue weighted by molar-refractivity contribution is 6.30. The zero-order chi connectivity index (χ0) is 18.3. The summed E-state index contributed by atoms with van der Waals surface area (Å²) in [5.41, 5.74) is 8.56. The molecule has 1 amide bonds. The van der Waals surface area contributed by atoms with Gasteiger partial charge in [-0.15, -0.1) is 12.4 Å². The Labute approximate surface area is 171 Å². The molecule has 0 aliphatic heterocycles. The first-order chi connectivity index (χ1) is 12.5. The Morgan fingerprint density at radius 3 is 2.48 bits per heavy atom. The van der Waals surface area contributed by atoms with E-state index in [0.717, 1.165) is 37.1 Å². The molecular weight excluding hydrogens is 383 g/mol. The molecule has 0 spiro atoms. The lowest BCUT2D eigenvalue weighted by Crippen LogP contribution is -2.53. The van der Waals surface area contributed by atoms with Crippen molar-refractivity contribution in [3.05, 3.63) is 46.7 Å². The van der Waals surface area contributed by atoms with E-state index in [1.54, 1.807) is 10.9 Å². The molecule has 2 bridgehead atoms. The molecule has 5 nitrogen and oxygen atoms in total. The normalized spacial score (nSPS) is 26.9. The molecule has 0 saturated heterocycles. The van der Waals surface area contributed by atoms with Gasteiger partial charge in [-0.1, -0.05) is 18.0 Å². The summed E-state index contributed by atoms with van der Waals surface area (Å²) >= 11 is 5.96. The van der Waals surface area contributed by atoms with Gasteiger partial charge in [0.05, 0.1) is 23.1 Å². The summed E-state index contributed by atoms with van der Waals surface area (Å²) in [4.78, 5) is 12.9. The van der Waals surface area contributed by atoms with Gasteiger partial charge in [-0.05, 0) is 68.7 Å². The number of aromatic nitrogens is 2. The van der Waals surface area contributed by atoms with Crippen LogP contribution in [-0.4, -0.2) is 27.8 Å². The second-order valence-electron chi connectivity index (χ2n) is 7.71. The first-order valence-electron chi connectivity index (χ1n) is 9.40. The van der Waals surface area contributed by atoms with E-state index in [4.69, 9.17) is 17.3 Å². The largest absolute Gasteiger partial charge is 0.349 e. The second-order valence-corrected chi connectivity index (χ2v) is 8.15. The highest BCUT2D eigenvalue weighted by Crippen LogP contribution is 2.39. The number of carbonyl (C=O) groups is 1. The van der Waals surface area contributed by atoms with E-state index in [9.17, 15) is 4.79 Å². The molecule has 27 heavy (non-hydrogen) atoms. The summed E-state index contributed by atoms with van der Waals surface area (Å²) in [6, 6.07) is 7.98. The van der Waals surface area contributed by atoms with Gasteiger partial charge >= 0.3 is 0 Å². The fourth-order valence-corrected chi connectivity index (χ4v) is 4.86. The standard InChI is InChI=1S/C20H25ClN4O.ClH/c1-12-18(11-23-25(12)17-7-5-15(21)6-8-17)20(26)24-19-13-3-2-4-14(19)10-16(22)9-13;/h5-8,11,13-14,16,19H,2-4,9-10,22H2,1H3,(H,24,26);1H. The predicted molar refractivity (Wildman–Crippen MR) is 110 cm³/mol. The van der Waals surface area contributed by atoms with Crippen LogP contribution in [0, 0.1) is 18.8 Å². The molecule has 1 aromatic heterocycles. The Hall–Kier alpha value is -1.56. The van der Waals surface area contributed by atoms with Gasteiger partial charge in [-0.3, -0.25) is 4.79 Å². The third-order valence-corrected chi connectivity index (χ3v) is 6.25. The zero-order valence-electron chi connectivity index (χ0n) is 15.4. The van der Waals surface area contributed by atoms with Crippen LogP contribution in [0.3, 0.4) is 0 Å². The van der Waals surface area contributed by atoms with Crippen molar-refractivity contribution in [1.82, 2.24) is 15.1 Å². The average molecular weight is 409 g/mol. The first kappa shape index (κ1) is 20.2. The number of carbonyl (C=O) groups excluding carboxylic acids is 1. The van der Waals surface area contributed by atoms with E-state index < -0.39 is 0 Å². The van der Waals surface area contributed by atoms with Crippen molar-refractivity contribution in [3.63, 3.8) is 0 Å². The van der Waals surface area contributed by atoms with Crippen LogP contribution < -0.4 is 11.1 Å². The molecule has 2 saturated carbocycles. The number of amides is 1. The van der Waals surface area contributed by atoms with Gasteiger partial charge in [0.15, 0.2) is 0 Å². The van der Waals surface area contributed by atoms with Crippen molar-refractivity contribution in [2.75, 3.05) is 0 Å². The van der Waals surface area contributed by atoms with Crippen LogP contribution in [0.15, 0.2) is 30.5 Å². The fraction of sp³-hybridized carbons (Fsp3) is 0.500. The number of nitrogens with one attached hydrogen (secondary N) is 1. The highest BCUT2D eigenvalue weighted by Gasteiger charge is 2.40. The third-order valence-electron chi connectivity index (χ3n) is 6.00. The Morgan fingerprint density at radius 2 is 1.85 bits per heavy atom. The minimum atomic E-state index is -0.0277. The molecule has 0 radical (unpaired) electrons. The summed E-state index contributed by atoms with van der Waals surface area (Å²) in [6.45, 7) is 1.92. The van der Waals surface area contributed by atoms with Gasteiger partial charge in [-0.2, -0.15) is 5.10 Å². The Balaban J connectivity index is 0.00000210. The lowest BCUT2D eigenvalue weighted by Gasteiger charge is -2.45. The summed E-state index contributed by atoms with van der Waals surface area (Å²) in [5, 5.41) is 8.39. The van der Waals surface area contributed by atoms with E-state index in [0.29, 0.717) is 22.4 Å². The van der Waals surface area contributed by atoms with E-state index in [1.807, 2.05) is 31.2 Å². The number of nitrogens with zero attached hydrogens (tertiary/aromatic N) is 2. The smallest absolute Gasteiger partial charge is 0.254 e. The second kappa shape index (κ2) is 8.21. The molecule has 2 aliphatic carbocycles. The van der Waals surface area contributed by atoms with Crippen molar-refractivity contribution in [2.24, 2.45) is 17.6 Å². The van der Waals surface area contributed by atoms with Crippen molar-refractivity contribution < 1.29 is 4.79 Å². The summed E-state index contributed by atoms with van der Waals surface area (Å²) in [6.07, 6.45) is 7.27. The van der Waals surface area contributed by atoms with Crippen molar-refractivity contribution in [1.29, 1.82) is 0 Å². The van der Waals surface area contributed by atoms with Gasteiger partial charge < -0.3 is 11.1 Å². The molecule has 2 unspecified atom stereocenters. The van der Waals surface area contributed by atoms with Gasteiger partial charge in [0, 0.05) is 17.1 Å². The first-order valence-corrected chi connectivity index (χ1v) is 9.77. The van der Waals surface area contributed by atoms with Crippen LogP contribution in [0.4, 0.5) is 0 Å². The molecule has 2 aliphatic rings. The number of benzene rings is 1. The Morgan fingerprint density at radius 1 is 1.22 bits per heavy atom. The molecule has 2 atom stereocenters. The van der Waals surface area contributed by atoms with Crippen molar-refractivity contribution in [3.8, 4) is 5.69 Å². The monoisotopic (exact) mass is 408 g/mol. The Bertz CT molecular complexity index is 791. The van der Waals surface area contributed by atoms with E-state index >= 15 is 0 Å². The number of rotatable bonds is 3. The maximum absolute atomic E-state index is 12.9. The summed E-state index contributed by atoms with van der Waals surface area (Å²) < 4.78 is 1.78. The molecule has 4 rings (SSSR count). The minimum Gasteiger partial charge on any atom is -0.349 e. The number of halogens is 2. The molecule has 2 aromatic rings. The lowest BCUT2D eigenvalue weighted by molar-refractivity contribution is 0.0755. The third kappa shape index (κ3) is 4.00. The Kier molecular flexibility index (Phi) is 6.14. The number of nitrogens with two attached hydrogens (primary N) is 1. The minimum absolute atomic E-state index is 0. The molecule has 3 N–H and O–H groups in total. The van der Waals surface area contributed by atoms with Crippen LogP contribution in [0.5, 0.6) is 0 Å². The predicted octanol–water partition coefficient (Wildman–Crippen LogP) is 3.89. The molecular formula is C20H26Cl2N4O. The van der Waals surface area contributed by atoms with E-state index in [-0.39, 0.29) is 30.4 Å². The van der Waals surface area contributed by atoms with Gasteiger partial charge in [-0.25, -0.2) is 4.68 Å². The average Bonchev–Trinajstić information content (AvgIpc) is 2.98. The molecule has 1 aromatic carbocycles. The van der Waals surface area contributed by atoms with Crippen molar-refractivity contribution >= 4 is 29.9 Å². The number of fused-ring (bicyclic) bond motifs is 2. The maximum atomic E-state index is 12.9. The SMILES string of the molecule is Cc1c(C(=O)NC2C3CCCC2CC(N)C3)cnn1-c1ccc(Cl)cc1.Cl. The topological polar surface area (TPSA) is 72.9 Å². The van der Waals surface area contributed by atoms with Gasteiger partial charge in [0.1, 0.15) is 0 Å². The van der Waals surface area contributed by atoms with Crippen molar-refractivity contribution in [2.45, 2.75) is 51.1 Å². The van der Waals surface area contributed by atoms with Crippen LogP contribution in [0.1, 0.15) is 48.2 Å². The highest BCUT2D eigenvalue weighted by atomic mass is 35.5. The van der Waals surface area contributed by atoms with E-state index in [1.165, 1.54) is 6.42 Å². The molecule has 2 fully saturated rings. The quantitative estimate of drug-likeness (QED) is 0.808. The van der Waals surface area contributed by atoms with Crippen LogP contribution in [0.25, 0.3) is 5.69 Å². The van der Waals surface area contributed by atoms with Gasteiger partial charge in [0.25, 0.3) is 5.91 Å². The van der Waals surface area contributed by atoms with E-state index in [2.05, 4.69) is 10.4 Å². The van der Waals surface area contributed by atoms with Crippen LogP contribution in [0.2, 0.25) is 5.02 Å². The summed E-state index contributed by atoms with van der Waals surface area (Å²) in [7, 11) is 0. The maximum Gasteiger partial charge on any atom is 0.254 e. The molecule has 7 heteroatoms. The summed E-state index contributed by atoms with van der Waals surface area (Å²) in [5.74, 6) is 0.987. The fourth-order valence-electron chi connectivity index (χ4n) is 4.73. The molecule has 1 heterocycles. The van der Waals surface area contributed by atoms with Crippen LogP contribution in [-0.2, 0) is 0 Å². The van der Waals surface area contributed by atoms with Crippen LogP contribution >= 0.6 is 24.0 Å². The zero-order valence-corrected chi connectivity index (χ0v) is 17.0. The van der Waals surface area contributed by atoms with Gasteiger partial charge in [0.2, 0.25) is 0 Å². The number of hydrogen-bond donors (Lipinski definition) is 2.